The van der Waals surface area contributed by atoms with Crippen molar-refractivity contribution in [2.24, 2.45) is 5.92 Å². The van der Waals surface area contributed by atoms with Crippen LogP contribution in [0.1, 0.15) is 64.1 Å². The fourth-order valence-corrected chi connectivity index (χ4v) is 3.82. The Balaban J connectivity index is 1.56. The van der Waals surface area contributed by atoms with Crippen molar-refractivity contribution in [1.29, 1.82) is 0 Å². The normalized spacial score (nSPS) is 26.6. The highest BCUT2D eigenvalue weighted by Gasteiger charge is 2.31. The van der Waals surface area contributed by atoms with Gasteiger partial charge in [0, 0.05) is 12.0 Å². The van der Waals surface area contributed by atoms with Gasteiger partial charge in [0.2, 0.25) is 11.1 Å². The highest BCUT2D eigenvalue weighted by Crippen LogP contribution is 2.39. The number of hydrogen-bond acceptors (Lipinski definition) is 5. The maximum absolute atomic E-state index is 12.4. The lowest BCUT2D eigenvalue weighted by Crippen LogP contribution is -2.44. The van der Waals surface area contributed by atoms with Crippen LogP contribution in [0.25, 0.3) is 0 Å². The number of nitrogens with two attached hydrogens (primary N) is 1. The third-order valence-electron chi connectivity index (χ3n) is 4.72. The number of rotatable bonds is 5. The maximum Gasteiger partial charge on any atom is 0.233 e. The Morgan fingerprint density at radius 2 is 2.05 bits per heavy atom. The first-order valence-corrected chi connectivity index (χ1v) is 9.11. The molecule has 1 aromatic rings. The number of aromatic nitrogens is 3. The Labute approximate surface area is 135 Å². The number of nitrogens with one attached hydrogen (secondary N) is 1. The molecule has 3 N–H and O–H groups in total. The third kappa shape index (κ3) is 3.39. The van der Waals surface area contributed by atoms with Gasteiger partial charge in [0.15, 0.2) is 5.82 Å². The zero-order valence-electron chi connectivity index (χ0n) is 13.3. The molecule has 0 aliphatic heterocycles. The number of carbonyl (C=O) groups excluding carboxylic acids is 1. The van der Waals surface area contributed by atoms with Crippen LogP contribution in [0.3, 0.4) is 0 Å². The van der Waals surface area contributed by atoms with Gasteiger partial charge in [-0.15, -0.1) is 10.2 Å². The van der Waals surface area contributed by atoms with Crippen LogP contribution in [0.2, 0.25) is 0 Å². The lowest BCUT2D eigenvalue weighted by atomic mass is 9.86. The van der Waals surface area contributed by atoms with Crippen molar-refractivity contribution in [2.45, 2.75) is 74.7 Å². The van der Waals surface area contributed by atoms with E-state index in [-0.39, 0.29) is 11.2 Å². The molecular formula is C15H25N5OS. The molecule has 2 aliphatic rings. The van der Waals surface area contributed by atoms with Crippen LogP contribution in [-0.4, -0.2) is 32.1 Å². The molecule has 3 rings (SSSR count). The summed E-state index contributed by atoms with van der Waals surface area (Å²) < 4.78 is 1.55. The lowest BCUT2D eigenvalue weighted by Gasteiger charge is -2.30. The van der Waals surface area contributed by atoms with Crippen LogP contribution in [-0.2, 0) is 4.79 Å². The summed E-state index contributed by atoms with van der Waals surface area (Å²) in [6.45, 7) is 4.12. The molecule has 0 radical (unpaired) electrons. The second-order valence-corrected chi connectivity index (χ2v) is 7.93. The fraction of sp³-hybridized carbons (Fsp3) is 0.800. The summed E-state index contributed by atoms with van der Waals surface area (Å²) in [6.07, 6.45) is 7.04. The quantitative estimate of drug-likeness (QED) is 0.640. The maximum atomic E-state index is 12.4. The third-order valence-corrected chi connectivity index (χ3v) is 5.78. The molecule has 7 heteroatoms. The monoisotopic (exact) mass is 323 g/mol. The van der Waals surface area contributed by atoms with Crippen molar-refractivity contribution in [2.75, 3.05) is 5.84 Å². The van der Waals surface area contributed by atoms with Crippen molar-refractivity contribution in [3.63, 3.8) is 0 Å². The van der Waals surface area contributed by atoms with E-state index in [0.29, 0.717) is 23.0 Å². The fourth-order valence-electron chi connectivity index (χ4n) is 3.03. The first kappa shape index (κ1) is 15.6. The SMILES string of the molecule is C[C@@H](Sc1nnc(C2CC2)n1N)C(=O)N[C@@H]1CCCC[C@@H]1C. The van der Waals surface area contributed by atoms with Gasteiger partial charge in [-0.1, -0.05) is 31.5 Å². The minimum Gasteiger partial charge on any atom is -0.352 e. The van der Waals surface area contributed by atoms with Gasteiger partial charge < -0.3 is 11.2 Å². The summed E-state index contributed by atoms with van der Waals surface area (Å²) in [6, 6.07) is 0.307. The molecule has 2 aliphatic carbocycles. The Morgan fingerprint density at radius 1 is 1.32 bits per heavy atom. The van der Waals surface area contributed by atoms with E-state index in [0.717, 1.165) is 25.1 Å². The molecule has 2 fully saturated rings. The lowest BCUT2D eigenvalue weighted by molar-refractivity contribution is -0.121. The van der Waals surface area contributed by atoms with E-state index in [1.54, 1.807) is 4.68 Å². The number of hydrogen-bond donors (Lipinski definition) is 2. The Bertz CT molecular complexity index is 542. The molecule has 1 heterocycles. The minimum atomic E-state index is -0.215. The molecule has 2 saturated carbocycles. The number of carbonyl (C=O) groups is 1. The largest absolute Gasteiger partial charge is 0.352 e. The predicted octanol–water partition coefficient (Wildman–Crippen LogP) is 2.04. The van der Waals surface area contributed by atoms with Crippen LogP contribution in [0.15, 0.2) is 5.16 Å². The van der Waals surface area contributed by atoms with Crippen LogP contribution < -0.4 is 11.2 Å². The Kier molecular flexibility index (Phi) is 4.61. The smallest absolute Gasteiger partial charge is 0.233 e. The van der Waals surface area contributed by atoms with Crippen molar-refractivity contribution in [3.8, 4) is 0 Å². The molecule has 0 unspecified atom stereocenters. The summed E-state index contributed by atoms with van der Waals surface area (Å²) >= 11 is 1.39. The highest BCUT2D eigenvalue weighted by atomic mass is 32.2. The first-order chi connectivity index (χ1) is 10.6. The molecule has 0 spiro atoms. The molecule has 0 bridgehead atoms. The van der Waals surface area contributed by atoms with Gasteiger partial charge in [0.1, 0.15) is 0 Å². The van der Waals surface area contributed by atoms with Gasteiger partial charge >= 0.3 is 0 Å². The van der Waals surface area contributed by atoms with E-state index in [2.05, 4.69) is 22.4 Å². The summed E-state index contributed by atoms with van der Waals surface area (Å²) in [5.41, 5.74) is 0. The number of nitrogens with zero attached hydrogens (tertiary/aromatic N) is 3. The number of thioether (sulfide) groups is 1. The van der Waals surface area contributed by atoms with Gasteiger partial charge in [-0.05, 0) is 38.5 Å². The molecule has 6 nitrogen and oxygen atoms in total. The van der Waals surface area contributed by atoms with Crippen molar-refractivity contribution in [1.82, 2.24) is 20.2 Å². The van der Waals surface area contributed by atoms with Crippen LogP contribution in [0.5, 0.6) is 0 Å². The van der Waals surface area contributed by atoms with Crippen molar-refractivity contribution >= 4 is 17.7 Å². The molecule has 122 valence electrons. The van der Waals surface area contributed by atoms with Gasteiger partial charge in [0.25, 0.3) is 0 Å². The van der Waals surface area contributed by atoms with E-state index < -0.39 is 0 Å². The zero-order chi connectivity index (χ0) is 15.7. The van der Waals surface area contributed by atoms with Gasteiger partial charge in [-0.2, -0.15) is 0 Å². The van der Waals surface area contributed by atoms with Crippen molar-refractivity contribution < 1.29 is 4.79 Å². The second kappa shape index (κ2) is 6.48. The standard InChI is InChI=1S/C15H25N5OS/c1-9-5-3-4-6-12(9)17-14(21)10(2)22-15-19-18-13(20(15)16)11-7-8-11/h9-12H,3-8,16H2,1-2H3,(H,17,21)/t9-,10+,12+/m0/s1. The van der Waals surface area contributed by atoms with Gasteiger partial charge in [-0.3, -0.25) is 4.79 Å². The second-order valence-electron chi connectivity index (χ2n) is 6.62. The summed E-state index contributed by atoms with van der Waals surface area (Å²) in [5, 5.41) is 11.9. The molecule has 22 heavy (non-hydrogen) atoms. The molecule has 1 aromatic heterocycles. The van der Waals surface area contributed by atoms with E-state index in [9.17, 15) is 4.79 Å². The number of nitrogen functional groups attached to an aromatic ring is 1. The highest BCUT2D eigenvalue weighted by molar-refractivity contribution is 8.00. The average Bonchev–Trinajstić information content (AvgIpc) is 3.27. The Hall–Kier alpha value is -1.24. The summed E-state index contributed by atoms with van der Waals surface area (Å²) in [4.78, 5) is 12.4. The molecule has 1 amide bonds. The van der Waals surface area contributed by atoms with E-state index in [1.165, 1.54) is 31.0 Å². The van der Waals surface area contributed by atoms with E-state index in [1.807, 2.05) is 6.92 Å². The van der Waals surface area contributed by atoms with Crippen molar-refractivity contribution in [3.05, 3.63) is 5.82 Å². The van der Waals surface area contributed by atoms with Gasteiger partial charge in [-0.25, -0.2) is 4.68 Å². The van der Waals surface area contributed by atoms with Crippen LogP contribution in [0, 0.1) is 5.92 Å². The molecule has 0 aromatic carbocycles. The van der Waals surface area contributed by atoms with E-state index >= 15 is 0 Å². The van der Waals surface area contributed by atoms with Crippen LogP contribution >= 0.6 is 11.8 Å². The molecule has 3 atom stereocenters. The number of amides is 1. The molecular weight excluding hydrogens is 298 g/mol. The van der Waals surface area contributed by atoms with Gasteiger partial charge in [0.05, 0.1) is 5.25 Å². The Morgan fingerprint density at radius 3 is 2.73 bits per heavy atom. The average molecular weight is 323 g/mol. The van der Waals surface area contributed by atoms with Crippen LogP contribution in [0.4, 0.5) is 0 Å². The summed E-state index contributed by atoms with van der Waals surface area (Å²) in [5.74, 6) is 7.97. The predicted molar refractivity (Wildman–Crippen MR) is 87.0 cm³/mol. The minimum absolute atomic E-state index is 0.0692. The molecule has 0 saturated heterocycles. The zero-order valence-corrected chi connectivity index (χ0v) is 14.1. The summed E-state index contributed by atoms with van der Waals surface area (Å²) in [7, 11) is 0. The topological polar surface area (TPSA) is 85.8 Å². The first-order valence-electron chi connectivity index (χ1n) is 8.23. The van der Waals surface area contributed by atoms with E-state index in [4.69, 9.17) is 5.84 Å².